The molecule has 1 N–H and O–H groups in total. The maximum Gasteiger partial charge on any atom is 0.416 e. The van der Waals surface area contributed by atoms with E-state index < -0.39 is 35.2 Å². The molecule has 5 rings (SSSR count). The lowest BCUT2D eigenvalue weighted by Gasteiger charge is -2.27. The van der Waals surface area contributed by atoms with Crippen LogP contribution in [0.4, 0.5) is 13.2 Å². The Bertz CT molecular complexity index is 1540. The van der Waals surface area contributed by atoms with Crippen molar-refractivity contribution in [2.24, 2.45) is 0 Å². The minimum absolute atomic E-state index is 0.115. The van der Waals surface area contributed by atoms with Crippen LogP contribution in [-0.4, -0.2) is 28.8 Å². The SMILES string of the molecule is COc1cccc2cc(C(=O)C3=C(O)C(=O)N(Cc4cccc(C(F)(F)F)c4)C3c3ccccc3)oc12. The Labute approximate surface area is 209 Å². The molecule has 188 valence electrons. The summed E-state index contributed by atoms with van der Waals surface area (Å²) in [5.74, 6) is -2.08. The van der Waals surface area contributed by atoms with Crippen LogP contribution in [0.5, 0.6) is 5.75 Å². The topological polar surface area (TPSA) is 80.0 Å². The number of methoxy groups -OCH3 is 1. The van der Waals surface area contributed by atoms with E-state index in [0.29, 0.717) is 22.3 Å². The molecule has 1 atom stereocenters. The predicted molar refractivity (Wildman–Crippen MR) is 128 cm³/mol. The molecule has 1 unspecified atom stereocenters. The number of carbonyl (C=O) groups is 2. The van der Waals surface area contributed by atoms with E-state index in [9.17, 15) is 27.9 Å². The van der Waals surface area contributed by atoms with E-state index in [0.717, 1.165) is 12.1 Å². The number of nitrogens with zero attached hydrogens (tertiary/aromatic N) is 1. The number of alkyl halides is 3. The second kappa shape index (κ2) is 9.16. The number of fused-ring (bicyclic) bond motifs is 1. The van der Waals surface area contributed by atoms with Gasteiger partial charge in [-0.1, -0.05) is 54.6 Å². The zero-order chi connectivity index (χ0) is 26.3. The molecule has 0 bridgehead atoms. The van der Waals surface area contributed by atoms with Gasteiger partial charge in [0.05, 0.1) is 24.3 Å². The lowest BCUT2D eigenvalue weighted by atomic mass is 9.94. The highest BCUT2D eigenvalue weighted by molar-refractivity contribution is 6.16. The van der Waals surface area contributed by atoms with Crippen LogP contribution in [0.25, 0.3) is 11.0 Å². The first kappa shape index (κ1) is 24.2. The number of ether oxygens (including phenoxy) is 1. The zero-order valence-electron chi connectivity index (χ0n) is 19.5. The minimum atomic E-state index is -4.56. The molecule has 6 nitrogen and oxygen atoms in total. The highest BCUT2D eigenvalue weighted by Gasteiger charge is 2.44. The van der Waals surface area contributed by atoms with E-state index in [-0.39, 0.29) is 23.4 Å². The molecule has 1 aliphatic rings. The molecule has 2 heterocycles. The van der Waals surface area contributed by atoms with Gasteiger partial charge in [0.25, 0.3) is 5.91 Å². The van der Waals surface area contributed by atoms with Crippen molar-refractivity contribution in [3.8, 4) is 5.75 Å². The Morgan fingerprint density at radius 1 is 1.03 bits per heavy atom. The van der Waals surface area contributed by atoms with E-state index in [2.05, 4.69) is 0 Å². The van der Waals surface area contributed by atoms with Gasteiger partial charge in [0, 0.05) is 11.9 Å². The summed E-state index contributed by atoms with van der Waals surface area (Å²) in [6, 6.07) is 18.6. The normalized spacial score (nSPS) is 16.1. The number of Topliss-reactive ketones (excluding diaryl/α,β-unsaturated/α-hetero) is 1. The Kier molecular flexibility index (Phi) is 5.99. The summed E-state index contributed by atoms with van der Waals surface area (Å²) >= 11 is 0. The number of furan rings is 1. The summed E-state index contributed by atoms with van der Waals surface area (Å²) in [7, 11) is 1.46. The van der Waals surface area contributed by atoms with Crippen molar-refractivity contribution in [2.45, 2.75) is 18.8 Å². The van der Waals surface area contributed by atoms with Crippen LogP contribution in [0, 0.1) is 0 Å². The van der Waals surface area contributed by atoms with Crippen molar-refractivity contribution in [1.82, 2.24) is 4.90 Å². The van der Waals surface area contributed by atoms with Gasteiger partial charge in [-0.3, -0.25) is 9.59 Å². The number of halogens is 3. The number of carbonyl (C=O) groups excluding carboxylic acids is 2. The fourth-order valence-corrected chi connectivity index (χ4v) is 4.51. The molecular formula is C28H20F3NO5. The van der Waals surface area contributed by atoms with Crippen molar-refractivity contribution in [3.05, 3.63) is 113 Å². The van der Waals surface area contributed by atoms with Crippen LogP contribution in [0.1, 0.15) is 33.3 Å². The molecule has 9 heteroatoms. The first-order chi connectivity index (χ1) is 17.7. The Morgan fingerprint density at radius 2 is 1.76 bits per heavy atom. The Balaban J connectivity index is 1.57. The van der Waals surface area contributed by atoms with E-state index in [1.165, 1.54) is 30.2 Å². The highest BCUT2D eigenvalue weighted by Crippen LogP contribution is 2.41. The molecule has 4 aromatic rings. The van der Waals surface area contributed by atoms with Gasteiger partial charge in [0.15, 0.2) is 22.9 Å². The molecule has 37 heavy (non-hydrogen) atoms. The number of aliphatic hydroxyl groups excluding tert-OH is 1. The summed E-state index contributed by atoms with van der Waals surface area (Å²) in [5.41, 5.74) is -0.0587. The van der Waals surface area contributed by atoms with Crippen LogP contribution in [-0.2, 0) is 17.5 Å². The third-order valence-electron chi connectivity index (χ3n) is 6.22. The summed E-state index contributed by atoms with van der Waals surface area (Å²) in [4.78, 5) is 28.0. The highest BCUT2D eigenvalue weighted by atomic mass is 19.4. The minimum Gasteiger partial charge on any atom is -0.503 e. The maximum atomic E-state index is 13.7. The molecule has 0 saturated heterocycles. The van der Waals surface area contributed by atoms with Crippen molar-refractivity contribution in [3.63, 3.8) is 0 Å². The third-order valence-corrected chi connectivity index (χ3v) is 6.22. The number of amides is 1. The molecule has 0 fully saturated rings. The second-order valence-electron chi connectivity index (χ2n) is 8.53. The second-order valence-corrected chi connectivity index (χ2v) is 8.53. The van der Waals surface area contributed by atoms with Gasteiger partial charge in [-0.2, -0.15) is 13.2 Å². The van der Waals surface area contributed by atoms with Crippen molar-refractivity contribution in [2.75, 3.05) is 7.11 Å². The maximum absolute atomic E-state index is 13.7. The molecule has 0 saturated carbocycles. The number of hydrogen-bond donors (Lipinski definition) is 1. The molecule has 1 amide bonds. The number of aliphatic hydroxyl groups is 1. The first-order valence-corrected chi connectivity index (χ1v) is 11.3. The van der Waals surface area contributed by atoms with E-state index in [1.807, 2.05) is 0 Å². The van der Waals surface area contributed by atoms with Gasteiger partial charge < -0.3 is 19.2 Å². The monoisotopic (exact) mass is 507 g/mol. The van der Waals surface area contributed by atoms with E-state index in [1.54, 1.807) is 48.5 Å². The molecule has 1 aromatic heterocycles. The van der Waals surface area contributed by atoms with Gasteiger partial charge in [-0.25, -0.2) is 0 Å². The largest absolute Gasteiger partial charge is 0.503 e. The standard InChI is InChI=1S/C28H20F3NO5/c1-36-20-12-6-10-18-14-21(37-26(18)20)24(33)22-23(17-8-3-2-4-9-17)32(27(35)25(22)34)15-16-7-5-11-19(13-16)28(29,30)31/h2-14,23,34H,15H2,1H3. The number of ketones is 1. The van der Waals surface area contributed by atoms with Crippen LogP contribution in [0.2, 0.25) is 0 Å². The van der Waals surface area contributed by atoms with Crippen LogP contribution in [0.15, 0.2) is 94.6 Å². The fraction of sp³-hybridized carbons (Fsp3) is 0.143. The fourth-order valence-electron chi connectivity index (χ4n) is 4.51. The van der Waals surface area contributed by atoms with Crippen LogP contribution < -0.4 is 4.74 Å². The van der Waals surface area contributed by atoms with Gasteiger partial charge >= 0.3 is 6.18 Å². The number of rotatable bonds is 6. The summed E-state index contributed by atoms with van der Waals surface area (Å²) in [5, 5.41) is 11.4. The first-order valence-electron chi connectivity index (χ1n) is 11.3. The lowest BCUT2D eigenvalue weighted by molar-refractivity contribution is -0.137. The van der Waals surface area contributed by atoms with Gasteiger partial charge in [-0.15, -0.1) is 0 Å². The van der Waals surface area contributed by atoms with Crippen molar-refractivity contribution < 1.29 is 37.0 Å². The van der Waals surface area contributed by atoms with Gasteiger partial charge in [0.1, 0.15) is 0 Å². The predicted octanol–water partition coefficient (Wildman–Crippen LogP) is 6.24. The van der Waals surface area contributed by atoms with Gasteiger partial charge in [-0.05, 0) is 35.4 Å². The summed E-state index contributed by atoms with van der Waals surface area (Å²) < 4.78 is 50.8. The molecular weight excluding hydrogens is 487 g/mol. The van der Waals surface area contributed by atoms with Crippen molar-refractivity contribution in [1.29, 1.82) is 0 Å². The Morgan fingerprint density at radius 3 is 2.46 bits per heavy atom. The summed E-state index contributed by atoms with van der Waals surface area (Å²) in [6.45, 7) is -0.267. The van der Waals surface area contributed by atoms with Crippen LogP contribution in [0.3, 0.4) is 0 Å². The average Bonchev–Trinajstić information content (AvgIpc) is 3.44. The third kappa shape index (κ3) is 4.33. The van der Waals surface area contributed by atoms with Crippen molar-refractivity contribution >= 4 is 22.7 Å². The molecule has 1 aliphatic heterocycles. The lowest BCUT2D eigenvalue weighted by Crippen LogP contribution is -2.30. The quantitative estimate of drug-likeness (QED) is 0.313. The van der Waals surface area contributed by atoms with Crippen LogP contribution >= 0.6 is 0 Å². The number of para-hydroxylation sites is 1. The molecule has 0 spiro atoms. The van der Waals surface area contributed by atoms with E-state index >= 15 is 0 Å². The molecule has 3 aromatic carbocycles. The molecule has 0 radical (unpaired) electrons. The average molecular weight is 507 g/mol. The smallest absolute Gasteiger partial charge is 0.416 e. The number of benzene rings is 3. The van der Waals surface area contributed by atoms with E-state index in [4.69, 9.17) is 9.15 Å². The Hall–Kier alpha value is -4.53. The number of hydrogen-bond acceptors (Lipinski definition) is 5. The zero-order valence-corrected chi connectivity index (χ0v) is 19.5. The van der Waals surface area contributed by atoms with Gasteiger partial charge in [0.2, 0.25) is 5.78 Å². The molecule has 0 aliphatic carbocycles. The summed E-state index contributed by atoms with van der Waals surface area (Å²) in [6.07, 6.45) is -4.56.